The molecule has 1 fully saturated rings. The van der Waals surface area contributed by atoms with Gasteiger partial charge in [-0.05, 0) is 37.6 Å². The lowest BCUT2D eigenvalue weighted by atomic mass is 10.0. The molecule has 4 nitrogen and oxygen atoms in total. The fourth-order valence-corrected chi connectivity index (χ4v) is 1.86. The molecule has 1 aliphatic rings. The number of ether oxygens (including phenoxy) is 1. The Kier molecular flexibility index (Phi) is 5.77. The maximum Gasteiger partial charge on any atom is 0.219 e. The molecule has 0 aromatic carbocycles. The normalized spacial score (nSPS) is 17.1. The standard InChI is InChI=1S/C12H24N2O2/c1-13-11(15)4-3-8-14-10-12(5-6-12)7-9-16-2/h14H,3-10H2,1-2H3,(H,13,15). The molecule has 94 valence electrons. The third-order valence-electron chi connectivity index (χ3n) is 3.33. The van der Waals surface area contributed by atoms with Gasteiger partial charge < -0.3 is 15.4 Å². The highest BCUT2D eigenvalue weighted by atomic mass is 16.5. The maximum atomic E-state index is 11.0. The Balaban J connectivity index is 1.96. The smallest absolute Gasteiger partial charge is 0.219 e. The van der Waals surface area contributed by atoms with E-state index in [1.165, 1.54) is 12.8 Å². The maximum absolute atomic E-state index is 11.0. The van der Waals surface area contributed by atoms with Gasteiger partial charge in [-0.15, -0.1) is 0 Å². The third-order valence-corrected chi connectivity index (χ3v) is 3.33. The zero-order chi connectivity index (χ0) is 11.9. The van der Waals surface area contributed by atoms with E-state index in [4.69, 9.17) is 4.74 Å². The minimum absolute atomic E-state index is 0.127. The second-order valence-electron chi connectivity index (χ2n) is 4.70. The lowest BCUT2D eigenvalue weighted by Gasteiger charge is -2.15. The van der Waals surface area contributed by atoms with E-state index in [1.807, 2.05) is 0 Å². The molecule has 1 amide bonds. The Bertz CT molecular complexity index is 215. The van der Waals surface area contributed by atoms with Crippen molar-refractivity contribution in [2.75, 3.05) is 33.9 Å². The van der Waals surface area contributed by atoms with Crippen molar-refractivity contribution in [1.29, 1.82) is 0 Å². The van der Waals surface area contributed by atoms with Crippen molar-refractivity contribution in [3.63, 3.8) is 0 Å². The summed E-state index contributed by atoms with van der Waals surface area (Å²) in [7, 11) is 3.44. The molecule has 0 heterocycles. The van der Waals surface area contributed by atoms with Gasteiger partial charge in [0.1, 0.15) is 0 Å². The van der Waals surface area contributed by atoms with Crippen molar-refractivity contribution in [2.45, 2.75) is 32.1 Å². The Morgan fingerprint density at radius 3 is 2.75 bits per heavy atom. The van der Waals surface area contributed by atoms with Crippen LogP contribution in [0.25, 0.3) is 0 Å². The number of hydrogen-bond acceptors (Lipinski definition) is 3. The Morgan fingerprint density at radius 1 is 1.44 bits per heavy atom. The highest BCUT2D eigenvalue weighted by Gasteiger charge is 2.41. The second-order valence-corrected chi connectivity index (χ2v) is 4.70. The topological polar surface area (TPSA) is 50.4 Å². The highest BCUT2D eigenvalue weighted by molar-refractivity contribution is 5.75. The van der Waals surface area contributed by atoms with E-state index >= 15 is 0 Å². The van der Waals surface area contributed by atoms with Gasteiger partial charge in [-0.1, -0.05) is 0 Å². The summed E-state index contributed by atoms with van der Waals surface area (Å²) in [5.74, 6) is 0.127. The molecule has 0 radical (unpaired) electrons. The molecule has 0 bridgehead atoms. The van der Waals surface area contributed by atoms with E-state index in [-0.39, 0.29) is 5.91 Å². The number of rotatable bonds is 9. The largest absolute Gasteiger partial charge is 0.385 e. The van der Waals surface area contributed by atoms with Gasteiger partial charge in [-0.25, -0.2) is 0 Å². The van der Waals surface area contributed by atoms with Gasteiger partial charge >= 0.3 is 0 Å². The van der Waals surface area contributed by atoms with Crippen LogP contribution in [0.3, 0.4) is 0 Å². The van der Waals surface area contributed by atoms with Crippen LogP contribution in [0.4, 0.5) is 0 Å². The van der Waals surface area contributed by atoms with Crippen molar-refractivity contribution >= 4 is 5.91 Å². The summed E-state index contributed by atoms with van der Waals surface area (Å²) >= 11 is 0. The van der Waals surface area contributed by atoms with E-state index in [9.17, 15) is 4.79 Å². The van der Waals surface area contributed by atoms with Gasteiger partial charge in [0, 0.05) is 33.7 Å². The van der Waals surface area contributed by atoms with Crippen LogP contribution in [0.1, 0.15) is 32.1 Å². The van der Waals surface area contributed by atoms with E-state index in [2.05, 4.69) is 10.6 Å². The molecule has 2 N–H and O–H groups in total. The molecule has 1 saturated carbocycles. The van der Waals surface area contributed by atoms with Crippen LogP contribution in [-0.4, -0.2) is 39.8 Å². The van der Waals surface area contributed by atoms with Crippen molar-refractivity contribution in [3.8, 4) is 0 Å². The van der Waals surface area contributed by atoms with Crippen LogP contribution in [0.5, 0.6) is 0 Å². The van der Waals surface area contributed by atoms with Gasteiger partial charge in [-0.3, -0.25) is 4.79 Å². The molecular weight excluding hydrogens is 204 g/mol. The van der Waals surface area contributed by atoms with Crippen molar-refractivity contribution in [1.82, 2.24) is 10.6 Å². The van der Waals surface area contributed by atoms with Crippen LogP contribution in [0.15, 0.2) is 0 Å². The molecule has 0 aromatic heterocycles. The first-order valence-corrected chi connectivity index (χ1v) is 6.13. The van der Waals surface area contributed by atoms with Crippen LogP contribution in [-0.2, 0) is 9.53 Å². The molecule has 0 spiro atoms. The van der Waals surface area contributed by atoms with Crippen molar-refractivity contribution in [2.24, 2.45) is 5.41 Å². The molecule has 0 unspecified atom stereocenters. The SMILES string of the molecule is CNC(=O)CCCNCC1(CCOC)CC1. The highest BCUT2D eigenvalue weighted by Crippen LogP contribution is 2.48. The number of hydrogen-bond donors (Lipinski definition) is 2. The van der Waals surface area contributed by atoms with Gasteiger partial charge in [-0.2, -0.15) is 0 Å². The molecule has 4 heteroatoms. The van der Waals surface area contributed by atoms with Crippen LogP contribution >= 0.6 is 0 Å². The summed E-state index contributed by atoms with van der Waals surface area (Å²) in [5.41, 5.74) is 0.503. The van der Waals surface area contributed by atoms with E-state index in [0.717, 1.165) is 32.5 Å². The Morgan fingerprint density at radius 2 is 2.19 bits per heavy atom. The van der Waals surface area contributed by atoms with Crippen LogP contribution in [0, 0.1) is 5.41 Å². The fourth-order valence-electron chi connectivity index (χ4n) is 1.86. The Labute approximate surface area is 98.1 Å². The first-order chi connectivity index (χ1) is 7.72. The molecule has 0 aliphatic heterocycles. The first-order valence-electron chi connectivity index (χ1n) is 6.13. The molecule has 1 rings (SSSR count). The van der Waals surface area contributed by atoms with Gasteiger partial charge in [0.25, 0.3) is 0 Å². The Hall–Kier alpha value is -0.610. The second kappa shape index (κ2) is 6.86. The number of nitrogens with one attached hydrogen (secondary N) is 2. The lowest BCUT2D eigenvalue weighted by Crippen LogP contribution is -2.27. The summed E-state index contributed by atoms with van der Waals surface area (Å²) in [6.07, 6.45) is 5.33. The van der Waals surface area contributed by atoms with Crippen LogP contribution < -0.4 is 10.6 Å². The lowest BCUT2D eigenvalue weighted by molar-refractivity contribution is -0.120. The van der Waals surface area contributed by atoms with Crippen LogP contribution in [0.2, 0.25) is 0 Å². The number of carbonyl (C=O) groups excluding carboxylic acids is 1. The fraction of sp³-hybridized carbons (Fsp3) is 0.917. The number of methoxy groups -OCH3 is 1. The summed E-state index contributed by atoms with van der Waals surface area (Å²) in [4.78, 5) is 11.0. The average Bonchev–Trinajstić information content (AvgIpc) is 3.06. The number of amides is 1. The molecule has 0 saturated heterocycles. The number of carbonyl (C=O) groups is 1. The molecular formula is C12H24N2O2. The van der Waals surface area contributed by atoms with E-state index < -0.39 is 0 Å². The molecule has 16 heavy (non-hydrogen) atoms. The molecule has 0 aromatic rings. The first kappa shape index (κ1) is 13.5. The van der Waals surface area contributed by atoms with Gasteiger partial charge in [0.2, 0.25) is 5.91 Å². The minimum Gasteiger partial charge on any atom is -0.385 e. The van der Waals surface area contributed by atoms with Crippen molar-refractivity contribution in [3.05, 3.63) is 0 Å². The third kappa shape index (κ3) is 4.94. The summed E-state index contributed by atoms with van der Waals surface area (Å²) in [5, 5.41) is 6.07. The summed E-state index contributed by atoms with van der Waals surface area (Å²) in [6, 6.07) is 0. The molecule has 1 aliphatic carbocycles. The van der Waals surface area contributed by atoms with E-state index in [1.54, 1.807) is 14.2 Å². The molecule has 0 atom stereocenters. The van der Waals surface area contributed by atoms with Crippen molar-refractivity contribution < 1.29 is 9.53 Å². The van der Waals surface area contributed by atoms with Gasteiger partial charge in [0.05, 0.1) is 0 Å². The predicted octanol–water partition coefficient (Wildman–Crippen LogP) is 0.919. The van der Waals surface area contributed by atoms with Gasteiger partial charge in [0.15, 0.2) is 0 Å². The predicted molar refractivity (Wildman–Crippen MR) is 64.3 cm³/mol. The summed E-state index contributed by atoms with van der Waals surface area (Å²) < 4.78 is 5.11. The zero-order valence-electron chi connectivity index (χ0n) is 10.5. The van der Waals surface area contributed by atoms with E-state index in [0.29, 0.717) is 11.8 Å². The minimum atomic E-state index is 0.127. The summed E-state index contributed by atoms with van der Waals surface area (Å²) in [6.45, 7) is 2.87. The quantitative estimate of drug-likeness (QED) is 0.577. The average molecular weight is 228 g/mol. The monoisotopic (exact) mass is 228 g/mol. The zero-order valence-corrected chi connectivity index (χ0v) is 10.5.